The second kappa shape index (κ2) is 5.64. The summed E-state index contributed by atoms with van der Waals surface area (Å²) >= 11 is 2.01. The Hall–Kier alpha value is -0.180. The molecule has 1 saturated heterocycles. The Morgan fingerprint density at radius 1 is 1.29 bits per heavy atom. The molecular formula is C11H16ClNS. The molecule has 1 unspecified atom stereocenters. The fourth-order valence-electron chi connectivity index (χ4n) is 1.52. The highest BCUT2D eigenvalue weighted by Crippen LogP contribution is 2.29. The van der Waals surface area contributed by atoms with Crippen LogP contribution in [-0.4, -0.2) is 12.3 Å². The lowest BCUT2D eigenvalue weighted by molar-refractivity contribution is 0.643. The van der Waals surface area contributed by atoms with Gasteiger partial charge in [-0.3, -0.25) is 0 Å². The molecule has 0 radical (unpaired) electrons. The molecule has 1 atom stereocenters. The van der Waals surface area contributed by atoms with Crippen molar-refractivity contribution in [2.45, 2.75) is 18.7 Å². The van der Waals surface area contributed by atoms with Crippen LogP contribution in [0.5, 0.6) is 0 Å². The summed E-state index contributed by atoms with van der Waals surface area (Å²) in [6, 6.07) is 8.83. The zero-order valence-electron chi connectivity index (χ0n) is 8.32. The van der Waals surface area contributed by atoms with Crippen molar-refractivity contribution in [1.29, 1.82) is 0 Å². The van der Waals surface area contributed by atoms with Crippen LogP contribution in [0.15, 0.2) is 24.3 Å². The number of hydrogen-bond donors (Lipinski definition) is 1. The smallest absolute Gasteiger partial charge is 0.0789 e. The Morgan fingerprint density at radius 2 is 2.00 bits per heavy atom. The van der Waals surface area contributed by atoms with Crippen LogP contribution in [0.3, 0.4) is 0 Å². The second-order valence-corrected chi connectivity index (χ2v) is 4.68. The maximum atomic E-state index is 3.52. The molecule has 0 bridgehead atoms. The van der Waals surface area contributed by atoms with Gasteiger partial charge in [-0.2, -0.15) is 0 Å². The molecule has 1 aliphatic rings. The number of hydrogen-bond acceptors (Lipinski definition) is 2. The molecule has 1 aromatic rings. The van der Waals surface area contributed by atoms with E-state index < -0.39 is 0 Å². The summed E-state index contributed by atoms with van der Waals surface area (Å²) in [5, 5.41) is 4.04. The summed E-state index contributed by atoms with van der Waals surface area (Å²) < 4.78 is 0. The number of benzene rings is 1. The van der Waals surface area contributed by atoms with Gasteiger partial charge in [-0.15, -0.1) is 24.2 Å². The lowest BCUT2D eigenvalue weighted by atomic mass is 10.1. The summed E-state index contributed by atoms with van der Waals surface area (Å²) in [5.74, 6) is 1.28. The first kappa shape index (κ1) is 11.9. The normalized spacial score (nSPS) is 21.4. The average molecular weight is 230 g/mol. The molecule has 1 aromatic carbocycles. The van der Waals surface area contributed by atoms with E-state index in [0.717, 1.165) is 6.54 Å². The molecule has 0 aliphatic carbocycles. The zero-order valence-corrected chi connectivity index (χ0v) is 9.96. The number of nitrogens with one attached hydrogen (secondary N) is 1. The monoisotopic (exact) mass is 229 g/mol. The standard InChI is InChI=1S/C11H15NS.ClH/c1-9-3-5-10(6-4-9)11-12-7-2-8-13-11;/h3-6,11-12H,2,7-8H2,1H3;1H. The van der Waals surface area contributed by atoms with Crippen LogP contribution < -0.4 is 5.32 Å². The van der Waals surface area contributed by atoms with Crippen molar-refractivity contribution >= 4 is 24.2 Å². The fraction of sp³-hybridized carbons (Fsp3) is 0.455. The summed E-state index contributed by atoms with van der Waals surface area (Å²) in [5.41, 5.74) is 2.75. The Morgan fingerprint density at radius 3 is 2.57 bits per heavy atom. The molecule has 0 amide bonds. The van der Waals surface area contributed by atoms with E-state index in [-0.39, 0.29) is 12.4 Å². The highest BCUT2D eigenvalue weighted by atomic mass is 35.5. The van der Waals surface area contributed by atoms with E-state index in [1.165, 1.54) is 23.3 Å². The van der Waals surface area contributed by atoms with Gasteiger partial charge >= 0.3 is 0 Å². The molecule has 3 heteroatoms. The third-order valence-corrected chi connectivity index (χ3v) is 3.61. The topological polar surface area (TPSA) is 12.0 Å². The van der Waals surface area contributed by atoms with Crippen molar-refractivity contribution in [2.75, 3.05) is 12.3 Å². The molecule has 0 aromatic heterocycles. The van der Waals surface area contributed by atoms with E-state index in [0.29, 0.717) is 5.37 Å². The molecule has 1 fully saturated rings. The van der Waals surface area contributed by atoms with Gasteiger partial charge in [-0.25, -0.2) is 0 Å². The molecule has 1 aliphatic heterocycles. The lowest BCUT2D eigenvalue weighted by Gasteiger charge is -2.23. The molecule has 1 nitrogen and oxygen atoms in total. The van der Waals surface area contributed by atoms with Gasteiger partial charge in [-0.1, -0.05) is 29.8 Å². The fourth-order valence-corrected chi connectivity index (χ4v) is 2.65. The predicted octanol–water partition coefficient (Wildman–Crippen LogP) is 3.14. The van der Waals surface area contributed by atoms with Gasteiger partial charge in [0.25, 0.3) is 0 Å². The van der Waals surface area contributed by atoms with Crippen molar-refractivity contribution in [3.63, 3.8) is 0 Å². The first-order chi connectivity index (χ1) is 6.36. The van der Waals surface area contributed by atoms with Gasteiger partial charge in [0, 0.05) is 0 Å². The highest BCUT2D eigenvalue weighted by Gasteiger charge is 2.14. The van der Waals surface area contributed by atoms with Gasteiger partial charge in [0.05, 0.1) is 5.37 Å². The molecule has 1 N–H and O–H groups in total. The minimum absolute atomic E-state index is 0. The van der Waals surface area contributed by atoms with E-state index in [2.05, 4.69) is 36.5 Å². The second-order valence-electron chi connectivity index (χ2n) is 3.47. The van der Waals surface area contributed by atoms with Gasteiger partial charge in [0.1, 0.15) is 0 Å². The van der Waals surface area contributed by atoms with Gasteiger partial charge in [0.15, 0.2) is 0 Å². The SMILES string of the molecule is Cc1ccc(C2NCCCS2)cc1.Cl. The van der Waals surface area contributed by atoms with Crippen LogP contribution in [0.2, 0.25) is 0 Å². The lowest BCUT2D eigenvalue weighted by Crippen LogP contribution is -2.25. The summed E-state index contributed by atoms with van der Waals surface area (Å²) in [7, 11) is 0. The number of rotatable bonds is 1. The van der Waals surface area contributed by atoms with Crippen molar-refractivity contribution in [3.8, 4) is 0 Å². The van der Waals surface area contributed by atoms with Crippen LogP contribution in [0.1, 0.15) is 22.9 Å². The van der Waals surface area contributed by atoms with Crippen LogP contribution in [0.4, 0.5) is 0 Å². The predicted molar refractivity (Wildman–Crippen MR) is 66.2 cm³/mol. The number of halogens is 1. The third-order valence-electron chi connectivity index (χ3n) is 2.32. The minimum atomic E-state index is 0. The van der Waals surface area contributed by atoms with E-state index in [1.807, 2.05) is 11.8 Å². The van der Waals surface area contributed by atoms with Crippen LogP contribution >= 0.6 is 24.2 Å². The molecular weight excluding hydrogens is 214 g/mol. The molecule has 0 saturated carbocycles. The van der Waals surface area contributed by atoms with Crippen LogP contribution in [0, 0.1) is 6.92 Å². The van der Waals surface area contributed by atoms with Crippen molar-refractivity contribution in [2.24, 2.45) is 0 Å². The molecule has 2 rings (SSSR count). The third kappa shape index (κ3) is 2.91. The quantitative estimate of drug-likeness (QED) is 0.794. The number of thioether (sulfide) groups is 1. The minimum Gasteiger partial charge on any atom is -0.302 e. The summed E-state index contributed by atoms with van der Waals surface area (Å²) in [4.78, 5) is 0. The summed E-state index contributed by atoms with van der Waals surface area (Å²) in [6.07, 6.45) is 1.30. The maximum Gasteiger partial charge on any atom is 0.0789 e. The molecule has 0 spiro atoms. The zero-order chi connectivity index (χ0) is 9.10. The molecule has 78 valence electrons. The van der Waals surface area contributed by atoms with Crippen molar-refractivity contribution < 1.29 is 0 Å². The van der Waals surface area contributed by atoms with Gasteiger partial charge in [0.2, 0.25) is 0 Å². The average Bonchev–Trinajstić information content (AvgIpc) is 2.20. The summed E-state index contributed by atoms with van der Waals surface area (Å²) in [6.45, 7) is 3.29. The van der Waals surface area contributed by atoms with Crippen LogP contribution in [-0.2, 0) is 0 Å². The van der Waals surface area contributed by atoms with Crippen molar-refractivity contribution in [1.82, 2.24) is 5.32 Å². The highest BCUT2D eigenvalue weighted by molar-refractivity contribution is 7.99. The largest absolute Gasteiger partial charge is 0.302 e. The van der Waals surface area contributed by atoms with Gasteiger partial charge < -0.3 is 5.32 Å². The van der Waals surface area contributed by atoms with Gasteiger partial charge in [-0.05, 0) is 31.2 Å². The Balaban J connectivity index is 0.000000980. The molecule has 14 heavy (non-hydrogen) atoms. The Bertz CT molecular complexity index is 267. The first-order valence-electron chi connectivity index (χ1n) is 4.78. The van der Waals surface area contributed by atoms with Crippen LogP contribution in [0.25, 0.3) is 0 Å². The Kier molecular flexibility index (Phi) is 4.79. The van der Waals surface area contributed by atoms with E-state index in [4.69, 9.17) is 0 Å². The molecule has 1 heterocycles. The maximum absolute atomic E-state index is 3.52. The first-order valence-corrected chi connectivity index (χ1v) is 5.83. The Labute approximate surface area is 96.1 Å². The van der Waals surface area contributed by atoms with E-state index >= 15 is 0 Å². The number of aryl methyl sites for hydroxylation is 1. The van der Waals surface area contributed by atoms with Crippen molar-refractivity contribution in [3.05, 3.63) is 35.4 Å². The van der Waals surface area contributed by atoms with E-state index in [1.54, 1.807) is 0 Å². The van der Waals surface area contributed by atoms with E-state index in [9.17, 15) is 0 Å².